The van der Waals surface area contributed by atoms with Crippen LogP contribution in [0.1, 0.15) is 0 Å². The number of anilines is 2. The molecule has 0 bridgehead atoms. The molecule has 0 spiro atoms. The molecular formula is C15H20N6O2. The highest BCUT2D eigenvalue weighted by Gasteiger charge is 2.14. The third-order valence-corrected chi connectivity index (χ3v) is 3.36. The average molecular weight is 316 g/mol. The highest BCUT2D eigenvalue weighted by atomic mass is 16.2. The summed E-state index contributed by atoms with van der Waals surface area (Å²) in [6.45, 7) is 0. The summed E-state index contributed by atoms with van der Waals surface area (Å²) in [5.74, 6) is 0.450. The smallest absolute Gasteiger partial charge is 0.332 e. The highest BCUT2D eigenvalue weighted by Crippen LogP contribution is 2.15. The van der Waals surface area contributed by atoms with E-state index in [0.29, 0.717) is 5.96 Å². The number of aromatic nitrogens is 2. The number of nitrogens with one attached hydrogen (secondary N) is 1. The molecule has 3 N–H and O–H groups in total. The van der Waals surface area contributed by atoms with Crippen LogP contribution in [0.5, 0.6) is 0 Å². The lowest BCUT2D eigenvalue weighted by molar-refractivity contribution is 0.619. The number of guanidine groups is 1. The number of benzene rings is 1. The average Bonchev–Trinajstić information content (AvgIpc) is 2.54. The van der Waals surface area contributed by atoms with Crippen molar-refractivity contribution in [2.24, 2.45) is 19.1 Å². The van der Waals surface area contributed by atoms with Gasteiger partial charge in [0.1, 0.15) is 5.82 Å². The van der Waals surface area contributed by atoms with Gasteiger partial charge in [0.25, 0.3) is 5.56 Å². The number of hydrogen-bond donors (Lipinski definition) is 2. The van der Waals surface area contributed by atoms with Gasteiger partial charge in [-0.1, -0.05) is 18.2 Å². The second-order valence-corrected chi connectivity index (χ2v) is 5.26. The molecule has 0 amide bonds. The molecule has 0 unspecified atom stereocenters. The molecule has 2 rings (SSSR count). The monoisotopic (exact) mass is 316 g/mol. The first kappa shape index (κ1) is 16.3. The van der Waals surface area contributed by atoms with Gasteiger partial charge in [-0.25, -0.2) is 9.79 Å². The molecule has 0 aliphatic heterocycles. The Morgan fingerprint density at radius 2 is 1.74 bits per heavy atom. The van der Waals surface area contributed by atoms with E-state index in [4.69, 9.17) is 5.73 Å². The first-order chi connectivity index (χ1) is 10.8. The first-order valence-electron chi connectivity index (χ1n) is 6.96. The van der Waals surface area contributed by atoms with Crippen molar-refractivity contribution in [3.8, 4) is 0 Å². The van der Waals surface area contributed by atoms with Gasteiger partial charge in [0.05, 0.1) is 0 Å². The summed E-state index contributed by atoms with van der Waals surface area (Å²) in [6.07, 6.45) is 0. The van der Waals surface area contributed by atoms with E-state index in [0.717, 1.165) is 10.3 Å². The molecule has 122 valence electrons. The molecule has 0 radical (unpaired) electrons. The summed E-state index contributed by atoms with van der Waals surface area (Å²) in [5.41, 5.74) is 5.69. The van der Waals surface area contributed by atoms with Gasteiger partial charge in [0, 0.05) is 33.9 Å². The van der Waals surface area contributed by atoms with Crippen molar-refractivity contribution < 1.29 is 0 Å². The number of para-hydroxylation sites is 1. The lowest BCUT2D eigenvalue weighted by Gasteiger charge is -2.18. The van der Waals surface area contributed by atoms with Gasteiger partial charge in [0.15, 0.2) is 5.69 Å². The Kier molecular flexibility index (Phi) is 4.54. The van der Waals surface area contributed by atoms with Crippen LogP contribution in [0.25, 0.3) is 0 Å². The van der Waals surface area contributed by atoms with Gasteiger partial charge in [-0.15, -0.1) is 0 Å². The van der Waals surface area contributed by atoms with E-state index in [1.807, 2.05) is 30.3 Å². The molecular weight excluding hydrogens is 296 g/mol. The summed E-state index contributed by atoms with van der Waals surface area (Å²) in [5, 5.41) is 3.12. The number of nitrogens with two attached hydrogens (primary N) is 1. The van der Waals surface area contributed by atoms with Gasteiger partial charge < -0.3 is 16.0 Å². The molecule has 23 heavy (non-hydrogen) atoms. The van der Waals surface area contributed by atoms with Crippen molar-refractivity contribution in [2.75, 3.05) is 25.1 Å². The summed E-state index contributed by atoms with van der Waals surface area (Å²) >= 11 is 0. The maximum atomic E-state index is 12.3. The molecule has 0 aliphatic rings. The van der Waals surface area contributed by atoms with Gasteiger partial charge in [-0.2, -0.15) is 0 Å². The van der Waals surface area contributed by atoms with Gasteiger partial charge in [-0.05, 0) is 12.1 Å². The molecule has 0 fully saturated rings. The lowest BCUT2D eigenvalue weighted by atomic mass is 10.3. The van der Waals surface area contributed by atoms with Crippen molar-refractivity contribution in [2.45, 2.75) is 0 Å². The predicted molar refractivity (Wildman–Crippen MR) is 92.2 cm³/mol. The third-order valence-electron chi connectivity index (χ3n) is 3.36. The van der Waals surface area contributed by atoms with Crippen LogP contribution in [0, 0.1) is 0 Å². The minimum absolute atomic E-state index is 0.0155. The van der Waals surface area contributed by atoms with Gasteiger partial charge in [-0.3, -0.25) is 13.9 Å². The molecule has 0 atom stereocenters. The van der Waals surface area contributed by atoms with E-state index >= 15 is 0 Å². The fraction of sp³-hybridized carbons (Fsp3) is 0.267. The van der Waals surface area contributed by atoms with Crippen LogP contribution in [0.15, 0.2) is 44.9 Å². The summed E-state index contributed by atoms with van der Waals surface area (Å²) < 4.78 is 2.17. The maximum Gasteiger partial charge on any atom is 0.332 e. The molecule has 0 aliphatic carbocycles. The number of nitrogens with zero attached hydrogens (tertiary/aromatic N) is 4. The summed E-state index contributed by atoms with van der Waals surface area (Å²) in [4.78, 5) is 30.2. The van der Waals surface area contributed by atoms with Gasteiger partial charge >= 0.3 is 5.69 Å². The summed E-state index contributed by atoms with van der Waals surface area (Å²) in [6, 6.07) is 9.42. The number of nitrogen functional groups attached to an aromatic ring is 1. The van der Waals surface area contributed by atoms with E-state index in [9.17, 15) is 9.59 Å². The van der Waals surface area contributed by atoms with Crippen LogP contribution in [-0.4, -0.2) is 34.1 Å². The number of aliphatic imine (C=N–C) groups is 1. The largest absolute Gasteiger partial charge is 0.383 e. The zero-order valence-corrected chi connectivity index (χ0v) is 13.6. The Bertz CT molecular complexity index is 849. The van der Waals surface area contributed by atoms with Crippen LogP contribution < -0.4 is 22.3 Å². The zero-order valence-electron chi connectivity index (χ0n) is 13.6. The van der Waals surface area contributed by atoms with E-state index in [2.05, 4.69) is 10.3 Å². The molecule has 8 nitrogen and oxygen atoms in total. The fourth-order valence-electron chi connectivity index (χ4n) is 1.94. The SMILES string of the molecule is CN(C)C(=Nc1c(N)n(C)c(=O)n(C)c1=O)Nc1ccccc1. The summed E-state index contributed by atoms with van der Waals surface area (Å²) in [7, 11) is 6.47. The number of hydrogen-bond acceptors (Lipinski definition) is 4. The van der Waals surface area contributed by atoms with E-state index < -0.39 is 11.2 Å². The molecule has 1 aromatic carbocycles. The van der Waals surface area contributed by atoms with E-state index in [1.54, 1.807) is 19.0 Å². The second-order valence-electron chi connectivity index (χ2n) is 5.26. The van der Waals surface area contributed by atoms with Crippen LogP contribution in [0.3, 0.4) is 0 Å². The van der Waals surface area contributed by atoms with Gasteiger partial charge in [0.2, 0.25) is 5.96 Å². The van der Waals surface area contributed by atoms with E-state index in [1.165, 1.54) is 18.7 Å². The number of rotatable bonds is 2. The van der Waals surface area contributed by atoms with Crippen molar-refractivity contribution in [1.82, 2.24) is 14.0 Å². The molecule has 2 aromatic rings. The minimum Gasteiger partial charge on any atom is -0.383 e. The Balaban J connectivity index is 2.57. The quantitative estimate of drug-likeness (QED) is 0.614. The Morgan fingerprint density at radius 3 is 2.30 bits per heavy atom. The zero-order chi connectivity index (χ0) is 17.1. The Morgan fingerprint density at radius 1 is 1.13 bits per heavy atom. The molecule has 0 saturated carbocycles. The molecule has 1 aromatic heterocycles. The standard InChI is InChI=1S/C15H20N6O2/c1-19(2)14(17-10-8-6-5-7-9-10)18-11-12(16)20(3)15(23)21(4)13(11)22/h5-9H,16H2,1-4H3,(H,17,18). The predicted octanol–water partition coefficient (Wildman–Crippen LogP) is 0.327. The molecule has 8 heteroatoms. The fourth-order valence-corrected chi connectivity index (χ4v) is 1.94. The lowest BCUT2D eigenvalue weighted by Crippen LogP contribution is -2.38. The van der Waals surface area contributed by atoms with Crippen molar-refractivity contribution >= 4 is 23.2 Å². The van der Waals surface area contributed by atoms with E-state index in [-0.39, 0.29) is 11.5 Å². The molecule has 0 saturated heterocycles. The Labute approximate surface area is 133 Å². The Hall–Kier alpha value is -3.03. The van der Waals surface area contributed by atoms with Crippen LogP contribution in [0.2, 0.25) is 0 Å². The maximum absolute atomic E-state index is 12.3. The normalized spacial score (nSPS) is 11.4. The first-order valence-corrected chi connectivity index (χ1v) is 6.96. The van der Waals surface area contributed by atoms with Crippen molar-refractivity contribution in [3.05, 3.63) is 51.2 Å². The van der Waals surface area contributed by atoms with Crippen molar-refractivity contribution in [3.63, 3.8) is 0 Å². The van der Waals surface area contributed by atoms with Crippen LogP contribution in [0.4, 0.5) is 17.2 Å². The minimum atomic E-state index is -0.542. The van der Waals surface area contributed by atoms with Crippen LogP contribution >= 0.6 is 0 Å². The topological polar surface area (TPSA) is 97.7 Å². The third kappa shape index (κ3) is 3.25. The highest BCUT2D eigenvalue weighted by molar-refractivity contribution is 5.95. The molecule has 1 heterocycles. The second kappa shape index (κ2) is 6.39. The van der Waals surface area contributed by atoms with Crippen LogP contribution in [-0.2, 0) is 14.1 Å². The van der Waals surface area contributed by atoms with Crippen molar-refractivity contribution in [1.29, 1.82) is 0 Å².